The fourth-order valence-corrected chi connectivity index (χ4v) is 0.703. The number of carbonyl (C=O) groups is 1. The molecular weight excluding hydrogens is 188 g/mol. The van der Waals surface area contributed by atoms with Crippen molar-refractivity contribution >= 4 is 12.0 Å². The van der Waals surface area contributed by atoms with Crippen LogP contribution in [0.15, 0.2) is 43.0 Å². The van der Waals surface area contributed by atoms with E-state index in [1.807, 2.05) is 6.08 Å². The van der Waals surface area contributed by atoms with E-state index in [9.17, 15) is 4.79 Å². The first kappa shape index (κ1) is 13.2. The lowest BCUT2D eigenvalue weighted by Gasteiger charge is -1.91. The molecule has 0 atom stereocenters. The average molecular weight is 204 g/mol. The summed E-state index contributed by atoms with van der Waals surface area (Å²) in [7, 11) is 0. The predicted molar refractivity (Wildman–Crippen MR) is 63.7 cm³/mol. The van der Waals surface area contributed by atoms with Crippen molar-refractivity contribution in [2.24, 2.45) is 0 Å². The van der Waals surface area contributed by atoms with Gasteiger partial charge in [0.25, 0.3) is 0 Å². The van der Waals surface area contributed by atoms with Crippen molar-refractivity contribution in [1.82, 2.24) is 0 Å². The Balaban J connectivity index is 0.000000288. The van der Waals surface area contributed by atoms with Crippen LogP contribution in [0, 0.1) is 6.92 Å². The molecule has 0 aromatic heterocycles. The van der Waals surface area contributed by atoms with Gasteiger partial charge in [0.15, 0.2) is 0 Å². The maximum Gasteiger partial charge on any atom is 0.330 e. The number of hydrogen-bond acceptors (Lipinski definition) is 1. The minimum atomic E-state index is -0.935. The molecule has 0 saturated heterocycles. The number of aliphatic carboxylic acids is 1. The summed E-state index contributed by atoms with van der Waals surface area (Å²) in [5, 5.41) is 7.89. The molecule has 0 radical (unpaired) electrons. The third-order valence-electron chi connectivity index (χ3n) is 1.68. The van der Waals surface area contributed by atoms with Crippen LogP contribution in [-0.4, -0.2) is 11.1 Å². The minimum absolute atomic E-state index is 0.176. The van der Waals surface area contributed by atoms with Crippen LogP contribution < -0.4 is 0 Å². The quantitative estimate of drug-likeness (QED) is 0.750. The normalized spacial score (nSPS) is 8.40. The molecule has 0 bridgehead atoms. The Morgan fingerprint density at radius 2 is 1.73 bits per heavy atom. The number of rotatable bonds is 2. The van der Waals surface area contributed by atoms with Gasteiger partial charge in [0, 0.05) is 5.57 Å². The molecule has 15 heavy (non-hydrogen) atoms. The van der Waals surface area contributed by atoms with Crippen LogP contribution in [0.2, 0.25) is 0 Å². The van der Waals surface area contributed by atoms with Gasteiger partial charge in [-0.3, -0.25) is 0 Å². The number of hydrogen-bond donors (Lipinski definition) is 1. The number of benzene rings is 1. The molecule has 80 valence electrons. The highest BCUT2D eigenvalue weighted by Crippen LogP contribution is 2.02. The molecule has 0 heterocycles. The first-order valence-electron chi connectivity index (χ1n) is 4.55. The van der Waals surface area contributed by atoms with E-state index in [4.69, 9.17) is 5.11 Å². The molecule has 2 heteroatoms. The van der Waals surface area contributed by atoms with Crippen molar-refractivity contribution in [3.63, 3.8) is 0 Å². The van der Waals surface area contributed by atoms with Gasteiger partial charge in [0.05, 0.1) is 0 Å². The van der Waals surface area contributed by atoms with E-state index in [0.29, 0.717) is 0 Å². The summed E-state index contributed by atoms with van der Waals surface area (Å²) >= 11 is 0. The molecule has 0 saturated carbocycles. The predicted octanol–water partition coefficient (Wildman–Crippen LogP) is 3.29. The van der Waals surface area contributed by atoms with Crippen LogP contribution in [0.5, 0.6) is 0 Å². The number of carboxylic acids is 1. The third-order valence-corrected chi connectivity index (χ3v) is 1.68. The first-order valence-corrected chi connectivity index (χ1v) is 4.55. The van der Waals surface area contributed by atoms with Crippen LogP contribution in [0.1, 0.15) is 18.1 Å². The standard InChI is InChI=1S/C9H10.C4H6O2/c1-3-9-6-4-8(2)5-7-9;1-3(2)4(5)6/h3-7H,1H2,2H3;1H2,2H3,(H,5,6). The SMILES string of the molecule is C=C(C)C(=O)O.C=Cc1ccc(C)cc1. The summed E-state index contributed by atoms with van der Waals surface area (Å²) in [5.41, 5.74) is 2.65. The highest BCUT2D eigenvalue weighted by Gasteiger charge is 1.90. The Morgan fingerprint density at radius 1 is 1.33 bits per heavy atom. The molecule has 0 aliphatic carbocycles. The van der Waals surface area contributed by atoms with E-state index in [0.717, 1.165) is 0 Å². The van der Waals surface area contributed by atoms with Crippen LogP contribution in [0.25, 0.3) is 6.08 Å². The van der Waals surface area contributed by atoms with Crippen LogP contribution in [0.4, 0.5) is 0 Å². The van der Waals surface area contributed by atoms with Gasteiger partial charge < -0.3 is 5.11 Å². The molecule has 1 rings (SSSR count). The zero-order valence-corrected chi connectivity index (χ0v) is 9.16. The van der Waals surface area contributed by atoms with Crippen molar-refractivity contribution in [3.05, 3.63) is 54.1 Å². The molecule has 0 aliphatic rings. The maximum absolute atomic E-state index is 9.60. The third kappa shape index (κ3) is 6.27. The average Bonchev–Trinajstić information content (AvgIpc) is 2.20. The lowest BCUT2D eigenvalue weighted by atomic mass is 10.2. The van der Waals surface area contributed by atoms with Crippen LogP contribution in [-0.2, 0) is 4.79 Å². The second-order valence-electron chi connectivity index (χ2n) is 3.20. The van der Waals surface area contributed by atoms with Gasteiger partial charge in [-0.05, 0) is 19.4 Å². The van der Waals surface area contributed by atoms with Gasteiger partial charge in [-0.15, -0.1) is 0 Å². The van der Waals surface area contributed by atoms with E-state index >= 15 is 0 Å². The number of aryl methyl sites for hydroxylation is 1. The van der Waals surface area contributed by atoms with Gasteiger partial charge in [-0.1, -0.05) is 49.1 Å². The van der Waals surface area contributed by atoms with Gasteiger partial charge >= 0.3 is 5.97 Å². The smallest absolute Gasteiger partial charge is 0.330 e. The Hall–Kier alpha value is -1.83. The summed E-state index contributed by atoms with van der Waals surface area (Å²) in [6.45, 7) is 10.3. The fourth-order valence-electron chi connectivity index (χ4n) is 0.703. The molecule has 1 N–H and O–H groups in total. The van der Waals surface area contributed by atoms with Crippen molar-refractivity contribution in [3.8, 4) is 0 Å². The zero-order chi connectivity index (χ0) is 11.8. The van der Waals surface area contributed by atoms with Crippen LogP contribution in [0.3, 0.4) is 0 Å². The summed E-state index contributed by atoms with van der Waals surface area (Å²) in [5.74, 6) is -0.935. The summed E-state index contributed by atoms with van der Waals surface area (Å²) in [4.78, 5) is 9.60. The number of carboxylic acid groups (broad SMARTS) is 1. The largest absolute Gasteiger partial charge is 0.478 e. The Morgan fingerprint density at radius 3 is 2.00 bits per heavy atom. The van der Waals surface area contributed by atoms with E-state index in [1.165, 1.54) is 18.1 Å². The molecule has 0 aliphatic heterocycles. The first-order chi connectivity index (χ1) is 6.97. The van der Waals surface area contributed by atoms with Crippen LogP contribution >= 0.6 is 0 Å². The molecule has 1 aromatic carbocycles. The zero-order valence-electron chi connectivity index (χ0n) is 9.16. The molecule has 1 aromatic rings. The molecular formula is C13H16O2. The minimum Gasteiger partial charge on any atom is -0.478 e. The fraction of sp³-hybridized carbons (Fsp3) is 0.154. The molecule has 0 unspecified atom stereocenters. The van der Waals surface area contributed by atoms with Crippen molar-refractivity contribution in [1.29, 1.82) is 0 Å². The summed E-state index contributed by atoms with van der Waals surface area (Å²) in [6, 6.07) is 8.28. The Labute approximate surface area is 90.6 Å². The molecule has 0 spiro atoms. The van der Waals surface area contributed by atoms with Crippen molar-refractivity contribution in [2.45, 2.75) is 13.8 Å². The van der Waals surface area contributed by atoms with E-state index in [-0.39, 0.29) is 5.57 Å². The maximum atomic E-state index is 9.60. The molecule has 2 nitrogen and oxygen atoms in total. The monoisotopic (exact) mass is 204 g/mol. The van der Waals surface area contributed by atoms with Gasteiger partial charge in [0.1, 0.15) is 0 Å². The van der Waals surface area contributed by atoms with Crippen molar-refractivity contribution in [2.75, 3.05) is 0 Å². The van der Waals surface area contributed by atoms with E-state index in [2.05, 4.69) is 44.3 Å². The Kier molecular flexibility index (Phi) is 5.79. The molecule has 0 fully saturated rings. The second kappa shape index (κ2) is 6.60. The van der Waals surface area contributed by atoms with Crippen molar-refractivity contribution < 1.29 is 9.90 Å². The summed E-state index contributed by atoms with van der Waals surface area (Å²) in [6.07, 6.45) is 1.85. The lowest BCUT2D eigenvalue weighted by molar-refractivity contribution is -0.132. The highest BCUT2D eigenvalue weighted by atomic mass is 16.4. The second-order valence-corrected chi connectivity index (χ2v) is 3.20. The van der Waals surface area contributed by atoms with Gasteiger partial charge in [-0.2, -0.15) is 0 Å². The van der Waals surface area contributed by atoms with E-state index < -0.39 is 5.97 Å². The van der Waals surface area contributed by atoms with E-state index in [1.54, 1.807) is 0 Å². The molecule has 0 amide bonds. The highest BCUT2D eigenvalue weighted by molar-refractivity contribution is 5.84. The van der Waals surface area contributed by atoms with Gasteiger partial charge in [-0.25, -0.2) is 4.79 Å². The van der Waals surface area contributed by atoms with Gasteiger partial charge in [0.2, 0.25) is 0 Å². The Bertz CT molecular complexity index is 335. The lowest BCUT2D eigenvalue weighted by Crippen LogP contribution is -1.92. The summed E-state index contributed by atoms with van der Waals surface area (Å²) < 4.78 is 0. The topological polar surface area (TPSA) is 37.3 Å².